The Kier molecular flexibility index (Phi) is 6.20. The van der Waals surface area contributed by atoms with Crippen molar-refractivity contribution in [3.63, 3.8) is 0 Å². The summed E-state index contributed by atoms with van der Waals surface area (Å²) in [5.41, 5.74) is 0. The highest BCUT2D eigenvalue weighted by Gasteiger charge is 2.05. The molecule has 0 aliphatic carbocycles. The first-order chi connectivity index (χ1) is 4.70. The third-order valence-corrected chi connectivity index (χ3v) is 2.20. The van der Waals surface area contributed by atoms with Crippen LogP contribution >= 0.6 is 24.4 Å². The van der Waals surface area contributed by atoms with Gasteiger partial charge in [0.05, 0.1) is 6.10 Å². The van der Waals surface area contributed by atoms with Gasteiger partial charge in [-0.15, -0.1) is 0 Å². The molecule has 0 bridgehead atoms. The summed E-state index contributed by atoms with van der Waals surface area (Å²) in [6.07, 6.45) is -0.566. The second-order valence-corrected chi connectivity index (χ2v) is 3.12. The lowest BCUT2D eigenvalue weighted by Crippen LogP contribution is -2.13. The summed E-state index contributed by atoms with van der Waals surface area (Å²) in [4.78, 5) is 10.4. The normalized spacial score (nSPS) is 13.1. The summed E-state index contributed by atoms with van der Waals surface area (Å²) in [5.74, 6) is 0.647. The van der Waals surface area contributed by atoms with Gasteiger partial charge < -0.3 is 10.2 Å². The van der Waals surface area contributed by atoms with E-state index in [-0.39, 0.29) is 5.12 Å². The van der Waals surface area contributed by atoms with Gasteiger partial charge in [0.1, 0.15) is 6.61 Å². The van der Waals surface area contributed by atoms with Crippen LogP contribution in [0.4, 0.5) is 0 Å². The first-order valence-electron chi connectivity index (χ1n) is 2.76. The van der Waals surface area contributed by atoms with Crippen molar-refractivity contribution < 1.29 is 15.0 Å². The Balaban J connectivity index is 3.26. The number of hydrogen-bond donors (Lipinski definition) is 3. The molecule has 0 saturated heterocycles. The highest BCUT2D eigenvalue weighted by molar-refractivity contribution is 8.13. The first-order valence-corrected chi connectivity index (χ1v) is 4.38. The SMILES string of the molecule is O=C(CO)SCC(O)CS. The number of hydrogen-bond acceptors (Lipinski definition) is 5. The lowest BCUT2D eigenvalue weighted by atomic mass is 10.5. The molecule has 3 nitrogen and oxygen atoms in total. The number of thioether (sulfide) groups is 1. The Hall–Kier alpha value is 0.290. The van der Waals surface area contributed by atoms with E-state index >= 15 is 0 Å². The van der Waals surface area contributed by atoms with Gasteiger partial charge in [0, 0.05) is 11.5 Å². The van der Waals surface area contributed by atoms with E-state index < -0.39 is 12.7 Å². The van der Waals surface area contributed by atoms with Crippen molar-refractivity contribution in [2.24, 2.45) is 0 Å². The van der Waals surface area contributed by atoms with Crippen molar-refractivity contribution in [3.8, 4) is 0 Å². The number of rotatable bonds is 4. The zero-order valence-corrected chi connectivity index (χ0v) is 7.07. The van der Waals surface area contributed by atoms with E-state index in [1.807, 2.05) is 0 Å². The van der Waals surface area contributed by atoms with Crippen LogP contribution < -0.4 is 0 Å². The van der Waals surface area contributed by atoms with Gasteiger partial charge in [-0.1, -0.05) is 11.8 Å². The number of aliphatic hydroxyl groups excluding tert-OH is 2. The van der Waals surface area contributed by atoms with Crippen LogP contribution in [0.15, 0.2) is 0 Å². The van der Waals surface area contributed by atoms with Crippen LogP contribution in [0.3, 0.4) is 0 Å². The van der Waals surface area contributed by atoms with E-state index in [0.717, 1.165) is 11.8 Å². The molecule has 0 aliphatic heterocycles. The van der Waals surface area contributed by atoms with E-state index in [1.165, 1.54) is 0 Å². The summed E-state index contributed by atoms with van der Waals surface area (Å²) in [6.45, 7) is -0.468. The molecule has 0 radical (unpaired) electrons. The fourth-order valence-corrected chi connectivity index (χ4v) is 1.18. The van der Waals surface area contributed by atoms with E-state index in [1.54, 1.807) is 0 Å². The molecule has 0 saturated carbocycles. The maximum atomic E-state index is 10.4. The average Bonchev–Trinajstić information content (AvgIpc) is 1.99. The van der Waals surface area contributed by atoms with Crippen molar-refractivity contribution in [1.82, 2.24) is 0 Å². The van der Waals surface area contributed by atoms with Gasteiger partial charge in [-0.05, 0) is 0 Å². The predicted octanol–water partition coefficient (Wildman–Crippen LogP) is -0.471. The van der Waals surface area contributed by atoms with Crippen molar-refractivity contribution >= 4 is 29.5 Å². The molecule has 0 spiro atoms. The van der Waals surface area contributed by atoms with Gasteiger partial charge in [0.15, 0.2) is 0 Å². The van der Waals surface area contributed by atoms with Crippen LogP contribution in [0.1, 0.15) is 0 Å². The Morgan fingerprint density at radius 2 is 2.30 bits per heavy atom. The van der Waals surface area contributed by atoms with Gasteiger partial charge in [-0.25, -0.2) is 0 Å². The third kappa shape index (κ3) is 5.10. The minimum atomic E-state index is -0.566. The van der Waals surface area contributed by atoms with Crippen LogP contribution in [0.5, 0.6) is 0 Å². The molecule has 1 atom stereocenters. The molecule has 0 aromatic carbocycles. The molecule has 60 valence electrons. The molecule has 0 fully saturated rings. The van der Waals surface area contributed by atoms with Gasteiger partial charge in [-0.3, -0.25) is 4.79 Å². The Bertz CT molecular complexity index is 107. The fourth-order valence-electron chi connectivity index (χ4n) is 0.287. The molecule has 5 heteroatoms. The van der Waals surface area contributed by atoms with Crippen LogP contribution in [-0.4, -0.2) is 39.5 Å². The Morgan fingerprint density at radius 3 is 2.70 bits per heavy atom. The van der Waals surface area contributed by atoms with E-state index in [4.69, 9.17) is 10.2 Å². The maximum absolute atomic E-state index is 10.4. The summed E-state index contributed by atoms with van der Waals surface area (Å²) in [6, 6.07) is 0. The average molecular weight is 182 g/mol. The largest absolute Gasteiger partial charge is 0.391 e. The van der Waals surface area contributed by atoms with Crippen LogP contribution in [0.2, 0.25) is 0 Å². The zero-order valence-electron chi connectivity index (χ0n) is 5.36. The lowest BCUT2D eigenvalue weighted by Gasteiger charge is -2.03. The summed E-state index contributed by atoms with van der Waals surface area (Å²) < 4.78 is 0. The molecule has 0 heterocycles. The number of thiol groups is 1. The quantitative estimate of drug-likeness (QED) is 0.514. The standard InChI is InChI=1S/C5H10O3S2/c6-1-5(8)10-3-4(7)2-9/h4,6-7,9H,1-3H2. The van der Waals surface area contributed by atoms with Crippen molar-refractivity contribution in [3.05, 3.63) is 0 Å². The van der Waals surface area contributed by atoms with Gasteiger partial charge in [0.25, 0.3) is 0 Å². The minimum Gasteiger partial charge on any atom is -0.391 e. The number of carbonyl (C=O) groups excluding carboxylic acids is 1. The van der Waals surface area contributed by atoms with E-state index in [9.17, 15) is 4.79 Å². The predicted molar refractivity (Wildman–Crippen MR) is 44.4 cm³/mol. The van der Waals surface area contributed by atoms with E-state index in [0.29, 0.717) is 11.5 Å². The smallest absolute Gasteiger partial charge is 0.214 e. The van der Waals surface area contributed by atoms with Crippen molar-refractivity contribution in [2.75, 3.05) is 18.1 Å². The zero-order chi connectivity index (χ0) is 7.98. The summed E-state index contributed by atoms with van der Waals surface area (Å²) in [7, 11) is 0. The van der Waals surface area contributed by atoms with Crippen molar-refractivity contribution in [1.29, 1.82) is 0 Å². The van der Waals surface area contributed by atoms with E-state index in [2.05, 4.69) is 12.6 Å². The van der Waals surface area contributed by atoms with Gasteiger partial charge in [-0.2, -0.15) is 12.6 Å². The monoisotopic (exact) mass is 182 g/mol. The van der Waals surface area contributed by atoms with Crippen molar-refractivity contribution in [2.45, 2.75) is 6.10 Å². The number of aliphatic hydroxyl groups is 2. The molecule has 10 heavy (non-hydrogen) atoms. The van der Waals surface area contributed by atoms with Crippen LogP contribution in [0.25, 0.3) is 0 Å². The molecule has 0 rings (SSSR count). The van der Waals surface area contributed by atoms with Gasteiger partial charge >= 0.3 is 0 Å². The second kappa shape index (κ2) is 6.03. The molecule has 0 aromatic heterocycles. The Morgan fingerprint density at radius 1 is 1.70 bits per heavy atom. The molecule has 2 N–H and O–H groups in total. The lowest BCUT2D eigenvalue weighted by molar-refractivity contribution is -0.113. The maximum Gasteiger partial charge on any atom is 0.214 e. The topological polar surface area (TPSA) is 57.5 Å². The summed E-state index contributed by atoms with van der Waals surface area (Å²) in [5, 5.41) is 16.8. The molecular formula is C5H10O3S2. The molecule has 0 amide bonds. The van der Waals surface area contributed by atoms with Gasteiger partial charge in [0.2, 0.25) is 5.12 Å². The second-order valence-electron chi connectivity index (χ2n) is 1.68. The molecular weight excluding hydrogens is 172 g/mol. The first kappa shape index (κ1) is 10.3. The number of carbonyl (C=O) groups is 1. The highest BCUT2D eigenvalue weighted by atomic mass is 32.2. The minimum absolute atomic E-state index is 0.308. The highest BCUT2D eigenvalue weighted by Crippen LogP contribution is 2.04. The fraction of sp³-hybridized carbons (Fsp3) is 0.800. The molecule has 0 aromatic rings. The van der Waals surface area contributed by atoms with Crippen LogP contribution in [0, 0.1) is 0 Å². The summed E-state index contributed by atoms with van der Waals surface area (Å²) >= 11 is 4.73. The van der Waals surface area contributed by atoms with Crippen LogP contribution in [-0.2, 0) is 4.79 Å². The Labute approximate surface area is 69.2 Å². The third-order valence-electron chi connectivity index (χ3n) is 0.777. The molecule has 1 unspecified atom stereocenters. The molecule has 0 aliphatic rings.